The number of pyridine rings is 1. The smallest absolute Gasteiger partial charge is 0.226 e. The van der Waals surface area contributed by atoms with Gasteiger partial charge in [-0.2, -0.15) is 0 Å². The Kier molecular flexibility index (Phi) is 5.15. The van der Waals surface area contributed by atoms with Crippen molar-refractivity contribution in [1.82, 2.24) is 15.2 Å². The molecule has 1 aromatic heterocycles. The molecule has 1 amide bonds. The zero-order valence-electron chi connectivity index (χ0n) is 16.3. The highest BCUT2D eigenvalue weighted by Gasteiger charge is 2.39. The first-order valence-corrected chi connectivity index (χ1v) is 9.95. The van der Waals surface area contributed by atoms with E-state index in [2.05, 4.69) is 47.4 Å². The number of carbonyl (C=O) groups excluding carboxylic acids is 1. The number of rotatable bonds is 4. The van der Waals surface area contributed by atoms with Gasteiger partial charge in [0, 0.05) is 22.9 Å². The van der Waals surface area contributed by atoms with Crippen LogP contribution < -0.4 is 5.32 Å². The highest BCUT2D eigenvalue weighted by atomic mass is 16.5. The molecule has 0 aliphatic carbocycles. The van der Waals surface area contributed by atoms with E-state index in [1.165, 1.54) is 10.9 Å². The van der Waals surface area contributed by atoms with Crippen molar-refractivity contribution in [3.05, 3.63) is 42.1 Å². The predicted molar refractivity (Wildman–Crippen MR) is 107 cm³/mol. The van der Waals surface area contributed by atoms with E-state index < -0.39 is 0 Å². The normalized spacial score (nSPS) is 25.6. The molecule has 1 aromatic carbocycles. The van der Waals surface area contributed by atoms with Gasteiger partial charge in [-0.3, -0.25) is 9.78 Å². The molecule has 2 atom stereocenters. The number of para-hydroxylation sites is 1. The lowest BCUT2D eigenvalue weighted by Gasteiger charge is -2.37. The van der Waals surface area contributed by atoms with Crippen LogP contribution in [-0.4, -0.2) is 55.2 Å². The number of benzene rings is 1. The number of likely N-dealkylation sites (tertiary alicyclic amines) is 1. The molecule has 1 N–H and O–H groups in total. The molecule has 4 rings (SSSR count). The SMILES string of the molecule is CN1CCC(C)(C(=O)N[C@H]2COC[C@H]2Cc2ccnc3ccccc23)CC1. The maximum atomic E-state index is 13.0. The Labute approximate surface area is 161 Å². The molecule has 2 aliphatic heterocycles. The highest BCUT2D eigenvalue weighted by molar-refractivity contribution is 5.83. The Hall–Kier alpha value is -1.98. The summed E-state index contributed by atoms with van der Waals surface area (Å²) in [6.45, 7) is 5.38. The molecule has 27 heavy (non-hydrogen) atoms. The van der Waals surface area contributed by atoms with E-state index in [1.807, 2.05) is 18.3 Å². The maximum Gasteiger partial charge on any atom is 0.226 e. The van der Waals surface area contributed by atoms with E-state index in [-0.39, 0.29) is 17.4 Å². The summed E-state index contributed by atoms with van der Waals surface area (Å²) >= 11 is 0. The van der Waals surface area contributed by atoms with Gasteiger partial charge >= 0.3 is 0 Å². The van der Waals surface area contributed by atoms with E-state index in [9.17, 15) is 4.79 Å². The zero-order chi connectivity index (χ0) is 18.9. The second kappa shape index (κ2) is 7.56. The van der Waals surface area contributed by atoms with Gasteiger partial charge in [-0.25, -0.2) is 0 Å². The fourth-order valence-electron chi connectivity index (χ4n) is 4.26. The summed E-state index contributed by atoms with van der Waals surface area (Å²) in [5.41, 5.74) is 2.04. The molecule has 0 saturated carbocycles. The lowest BCUT2D eigenvalue weighted by Crippen LogP contribution is -2.51. The first-order chi connectivity index (χ1) is 13.0. The van der Waals surface area contributed by atoms with Crippen molar-refractivity contribution in [2.75, 3.05) is 33.4 Å². The number of amides is 1. The van der Waals surface area contributed by atoms with Crippen LogP contribution in [0.4, 0.5) is 0 Å². The zero-order valence-corrected chi connectivity index (χ0v) is 16.3. The van der Waals surface area contributed by atoms with E-state index >= 15 is 0 Å². The van der Waals surface area contributed by atoms with Gasteiger partial charge < -0.3 is 15.0 Å². The summed E-state index contributed by atoms with van der Waals surface area (Å²) in [4.78, 5) is 19.7. The summed E-state index contributed by atoms with van der Waals surface area (Å²) in [7, 11) is 2.12. The van der Waals surface area contributed by atoms with Crippen molar-refractivity contribution < 1.29 is 9.53 Å². The molecule has 2 saturated heterocycles. The quantitative estimate of drug-likeness (QED) is 0.903. The van der Waals surface area contributed by atoms with Gasteiger partial charge in [0.15, 0.2) is 0 Å². The first kappa shape index (κ1) is 18.4. The van der Waals surface area contributed by atoms with Crippen LogP contribution in [0.2, 0.25) is 0 Å². The molecule has 5 nitrogen and oxygen atoms in total. The van der Waals surface area contributed by atoms with Crippen molar-refractivity contribution in [3.8, 4) is 0 Å². The number of nitrogens with zero attached hydrogens (tertiary/aromatic N) is 2. The Balaban J connectivity index is 1.45. The van der Waals surface area contributed by atoms with Crippen molar-refractivity contribution in [2.24, 2.45) is 11.3 Å². The van der Waals surface area contributed by atoms with Crippen LogP contribution in [0.1, 0.15) is 25.3 Å². The number of fused-ring (bicyclic) bond motifs is 1. The maximum absolute atomic E-state index is 13.0. The summed E-state index contributed by atoms with van der Waals surface area (Å²) in [6, 6.07) is 10.4. The van der Waals surface area contributed by atoms with Gasteiger partial charge in [-0.15, -0.1) is 0 Å². The van der Waals surface area contributed by atoms with Gasteiger partial charge in [-0.05, 0) is 57.1 Å². The number of aromatic nitrogens is 1. The van der Waals surface area contributed by atoms with Crippen LogP contribution in [0.25, 0.3) is 10.9 Å². The molecule has 2 fully saturated rings. The molecule has 144 valence electrons. The van der Waals surface area contributed by atoms with Crippen molar-refractivity contribution >= 4 is 16.8 Å². The van der Waals surface area contributed by atoms with Crippen LogP contribution in [-0.2, 0) is 16.0 Å². The highest BCUT2D eigenvalue weighted by Crippen LogP contribution is 2.32. The monoisotopic (exact) mass is 367 g/mol. The number of piperidine rings is 1. The van der Waals surface area contributed by atoms with Crippen LogP contribution in [0.15, 0.2) is 36.5 Å². The fourth-order valence-corrected chi connectivity index (χ4v) is 4.26. The van der Waals surface area contributed by atoms with Crippen LogP contribution in [0.5, 0.6) is 0 Å². The lowest BCUT2D eigenvalue weighted by atomic mass is 9.79. The third kappa shape index (κ3) is 3.85. The summed E-state index contributed by atoms with van der Waals surface area (Å²) in [5.74, 6) is 0.491. The standard InChI is InChI=1S/C22H29N3O2/c1-22(8-11-25(2)12-9-22)21(26)24-20-15-27-14-17(20)13-16-7-10-23-19-6-4-3-5-18(16)19/h3-7,10,17,20H,8-9,11-15H2,1-2H3,(H,24,26)/t17-,20+/m1/s1. The second-order valence-electron chi connectivity index (χ2n) is 8.43. The minimum atomic E-state index is -0.261. The van der Waals surface area contributed by atoms with E-state index in [0.29, 0.717) is 19.1 Å². The van der Waals surface area contributed by atoms with Gasteiger partial charge in [-0.1, -0.05) is 25.1 Å². The average Bonchev–Trinajstić information content (AvgIpc) is 3.11. The molecule has 2 aromatic rings. The minimum Gasteiger partial charge on any atom is -0.379 e. The molecule has 0 radical (unpaired) electrons. The minimum absolute atomic E-state index is 0.0842. The lowest BCUT2D eigenvalue weighted by molar-refractivity contribution is -0.133. The first-order valence-electron chi connectivity index (χ1n) is 9.95. The number of carbonyl (C=O) groups is 1. The average molecular weight is 367 g/mol. The molecule has 0 bridgehead atoms. The van der Waals surface area contributed by atoms with E-state index in [1.54, 1.807) is 0 Å². The van der Waals surface area contributed by atoms with Crippen molar-refractivity contribution in [1.29, 1.82) is 0 Å². The van der Waals surface area contributed by atoms with E-state index in [4.69, 9.17) is 4.74 Å². The summed E-state index contributed by atoms with van der Waals surface area (Å²) in [5, 5.41) is 4.52. The molecular weight excluding hydrogens is 338 g/mol. The second-order valence-corrected chi connectivity index (χ2v) is 8.43. The molecule has 2 aliphatic rings. The molecule has 5 heteroatoms. The van der Waals surface area contributed by atoms with Gasteiger partial charge in [0.2, 0.25) is 5.91 Å². The number of ether oxygens (including phenoxy) is 1. The van der Waals surface area contributed by atoms with Crippen LogP contribution >= 0.6 is 0 Å². The van der Waals surface area contributed by atoms with Crippen molar-refractivity contribution in [3.63, 3.8) is 0 Å². The third-order valence-electron chi connectivity index (χ3n) is 6.38. The van der Waals surface area contributed by atoms with Crippen molar-refractivity contribution in [2.45, 2.75) is 32.2 Å². The predicted octanol–water partition coefficient (Wildman–Crippen LogP) is 2.64. The molecule has 0 unspecified atom stereocenters. The topological polar surface area (TPSA) is 54.5 Å². The number of hydrogen-bond acceptors (Lipinski definition) is 4. The van der Waals surface area contributed by atoms with Crippen LogP contribution in [0.3, 0.4) is 0 Å². The molecule has 0 spiro atoms. The van der Waals surface area contributed by atoms with Gasteiger partial charge in [0.05, 0.1) is 24.8 Å². The largest absolute Gasteiger partial charge is 0.379 e. The number of nitrogens with one attached hydrogen (secondary N) is 1. The Morgan fingerprint density at radius 1 is 1.26 bits per heavy atom. The fraction of sp³-hybridized carbons (Fsp3) is 0.545. The van der Waals surface area contributed by atoms with E-state index in [0.717, 1.165) is 37.9 Å². The third-order valence-corrected chi connectivity index (χ3v) is 6.38. The van der Waals surface area contributed by atoms with Gasteiger partial charge in [0.25, 0.3) is 0 Å². The number of hydrogen-bond donors (Lipinski definition) is 1. The Morgan fingerprint density at radius 3 is 2.85 bits per heavy atom. The summed E-state index contributed by atoms with van der Waals surface area (Å²) < 4.78 is 5.75. The van der Waals surface area contributed by atoms with Gasteiger partial charge in [0.1, 0.15) is 0 Å². The Morgan fingerprint density at radius 2 is 2.04 bits per heavy atom. The summed E-state index contributed by atoms with van der Waals surface area (Å²) in [6.07, 6.45) is 4.61. The van der Waals surface area contributed by atoms with Crippen LogP contribution in [0, 0.1) is 11.3 Å². The Bertz CT molecular complexity index is 809. The molecule has 3 heterocycles. The molecular formula is C22H29N3O2.